The molecule has 21 heavy (non-hydrogen) atoms. The number of rotatable bonds is 6. The highest BCUT2D eigenvalue weighted by Crippen LogP contribution is 2.31. The minimum absolute atomic E-state index is 0.0106. The molecule has 118 valence electrons. The Morgan fingerprint density at radius 2 is 2.10 bits per heavy atom. The van der Waals surface area contributed by atoms with Crippen LogP contribution in [0.25, 0.3) is 0 Å². The van der Waals surface area contributed by atoms with Gasteiger partial charge in [-0.25, -0.2) is 0 Å². The van der Waals surface area contributed by atoms with Gasteiger partial charge in [-0.2, -0.15) is 5.10 Å². The van der Waals surface area contributed by atoms with Crippen molar-refractivity contribution >= 4 is 5.91 Å². The van der Waals surface area contributed by atoms with Gasteiger partial charge < -0.3 is 10.4 Å². The molecule has 1 aromatic heterocycles. The van der Waals surface area contributed by atoms with E-state index in [0.717, 1.165) is 37.1 Å². The standard InChI is InChI=1S/C16H27N3O2/c1-5-14-10(3)18-19(11(14)4)9-16(21)17-15(6-2)12-7-13(20)8-12/h12-13,15,20H,5-9H2,1-4H3,(H,17,21)/t12?,13?,15-/m0/s1. The van der Waals surface area contributed by atoms with Crippen molar-refractivity contribution in [2.24, 2.45) is 5.92 Å². The van der Waals surface area contributed by atoms with E-state index in [4.69, 9.17) is 0 Å². The minimum Gasteiger partial charge on any atom is -0.393 e. The van der Waals surface area contributed by atoms with Crippen LogP contribution in [0.3, 0.4) is 0 Å². The van der Waals surface area contributed by atoms with Crippen molar-refractivity contribution in [3.8, 4) is 0 Å². The SMILES string of the molecule is CCc1c(C)nn(CC(=O)N[C@@H](CC)C2CC(O)C2)c1C. The third-order valence-electron chi connectivity index (χ3n) is 4.68. The summed E-state index contributed by atoms with van der Waals surface area (Å²) in [4.78, 5) is 12.2. The van der Waals surface area contributed by atoms with E-state index in [1.54, 1.807) is 4.68 Å². The summed E-state index contributed by atoms with van der Waals surface area (Å²) in [6, 6.07) is 0.170. The largest absolute Gasteiger partial charge is 0.393 e. The molecule has 0 radical (unpaired) electrons. The van der Waals surface area contributed by atoms with Crippen molar-refractivity contribution in [2.75, 3.05) is 0 Å². The van der Waals surface area contributed by atoms with Crippen LogP contribution in [-0.4, -0.2) is 32.9 Å². The van der Waals surface area contributed by atoms with Gasteiger partial charge in [-0.15, -0.1) is 0 Å². The number of hydrogen-bond acceptors (Lipinski definition) is 3. The zero-order valence-electron chi connectivity index (χ0n) is 13.5. The summed E-state index contributed by atoms with van der Waals surface area (Å²) >= 11 is 0. The summed E-state index contributed by atoms with van der Waals surface area (Å²) in [5, 5.41) is 17.0. The second-order valence-corrected chi connectivity index (χ2v) is 6.13. The number of carbonyl (C=O) groups excluding carboxylic acids is 1. The van der Waals surface area contributed by atoms with E-state index >= 15 is 0 Å². The van der Waals surface area contributed by atoms with Crippen molar-refractivity contribution in [3.63, 3.8) is 0 Å². The zero-order chi connectivity index (χ0) is 15.6. The Morgan fingerprint density at radius 3 is 2.57 bits per heavy atom. The fourth-order valence-corrected chi connectivity index (χ4v) is 3.30. The number of nitrogens with zero attached hydrogens (tertiary/aromatic N) is 2. The fraction of sp³-hybridized carbons (Fsp3) is 0.750. The Kier molecular flexibility index (Phi) is 5.04. The van der Waals surface area contributed by atoms with Gasteiger partial charge in [0.15, 0.2) is 0 Å². The molecule has 1 aromatic rings. The molecule has 1 heterocycles. The van der Waals surface area contributed by atoms with Crippen LogP contribution in [0.4, 0.5) is 0 Å². The molecule has 0 aliphatic heterocycles. The molecule has 1 saturated carbocycles. The molecule has 2 rings (SSSR count). The van der Waals surface area contributed by atoms with Gasteiger partial charge in [0.2, 0.25) is 5.91 Å². The molecule has 0 spiro atoms. The second-order valence-electron chi connectivity index (χ2n) is 6.13. The maximum absolute atomic E-state index is 12.2. The lowest BCUT2D eigenvalue weighted by atomic mass is 9.76. The Labute approximate surface area is 126 Å². The molecular formula is C16H27N3O2. The number of aryl methyl sites for hydroxylation is 1. The molecule has 5 heteroatoms. The van der Waals surface area contributed by atoms with Crippen LogP contribution < -0.4 is 5.32 Å². The molecule has 1 atom stereocenters. The molecule has 5 nitrogen and oxygen atoms in total. The van der Waals surface area contributed by atoms with Crippen LogP contribution >= 0.6 is 0 Å². The van der Waals surface area contributed by atoms with E-state index < -0.39 is 0 Å². The number of aromatic nitrogens is 2. The third kappa shape index (κ3) is 3.46. The molecule has 0 aromatic carbocycles. The average Bonchev–Trinajstić information content (AvgIpc) is 2.67. The van der Waals surface area contributed by atoms with E-state index in [1.165, 1.54) is 5.56 Å². The molecule has 1 fully saturated rings. The number of amides is 1. The first-order chi connectivity index (χ1) is 9.96. The van der Waals surface area contributed by atoms with Gasteiger partial charge in [0.05, 0.1) is 11.8 Å². The number of aliphatic hydroxyl groups excluding tert-OH is 1. The predicted molar refractivity (Wildman–Crippen MR) is 82.0 cm³/mol. The summed E-state index contributed by atoms with van der Waals surface area (Å²) in [6.07, 6.45) is 3.28. The lowest BCUT2D eigenvalue weighted by Crippen LogP contribution is -2.47. The lowest BCUT2D eigenvalue weighted by Gasteiger charge is -2.37. The van der Waals surface area contributed by atoms with Gasteiger partial charge in [-0.3, -0.25) is 9.48 Å². The van der Waals surface area contributed by atoms with Gasteiger partial charge in [0.1, 0.15) is 6.54 Å². The number of nitrogens with one attached hydrogen (secondary N) is 1. The second kappa shape index (κ2) is 6.60. The topological polar surface area (TPSA) is 67.2 Å². The van der Waals surface area contributed by atoms with Crippen LogP contribution in [0.5, 0.6) is 0 Å². The van der Waals surface area contributed by atoms with Gasteiger partial charge >= 0.3 is 0 Å². The van der Waals surface area contributed by atoms with Gasteiger partial charge in [-0.1, -0.05) is 13.8 Å². The molecule has 1 amide bonds. The first-order valence-electron chi connectivity index (χ1n) is 7.96. The highest BCUT2D eigenvalue weighted by atomic mass is 16.3. The lowest BCUT2D eigenvalue weighted by molar-refractivity contribution is -0.123. The number of aliphatic hydroxyl groups is 1. The number of hydrogen-bond donors (Lipinski definition) is 2. The van der Waals surface area contributed by atoms with Crippen molar-refractivity contribution in [2.45, 2.75) is 72.1 Å². The van der Waals surface area contributed by atoms with E-state index in [0.29, 0.717) is 5.92 Å². The van der Waals surface area contributed by atoms with E-state index in [1.807, 2.05) is 13.8 Å². The van der Waals surface area contributed by atoms with Crippen LogP contribution in [-0.2, 0) is 17.8 Å². The molecular weight excluding hydrogens is 266 g/mol. The molecule has 2 N–H and O–H groups in total. The normalized spacial score (nSPS) is 22.7. The van der Waals surface area contributed by atoms with E-state index in [2.05, 4.69) is 24.3 Å². The fourth-order valence-electron chi connectivity index (χ4n) is 3.30. The smallest absolute Gasteiger partial charge is 0.241 e. The maximum Gasteiger partial charge on any atom is 0.241 e. The van der Waals surface area contributed by atoms with Crippen LogP contribution in [0.1, 0.15) is 50.1 Å². The highest BCUT2D eigenvalue weighted by molar-refractivity contribution is 5.76. The van der Waals surface area contributed by atoms with Gasteiger partial charge in [0, 0.05) is 11.7 Å². The monoisotopic (exact) mass is 293 g/mol. The molecule has 0 bridgehead atoms. The molecule has 1 aliphatic rings. The Bertz CT molecular complexity index is 504. The van der Waals surface area contributed by atoms with Crippen LogP contribution in [0.15, 0.2) is 0 Å². The highest BCUT2D eigenvalue weighted by Gasteiger charge is 2.33. The van der Waals surface area contributed by atoms with Gasteiger partial charge in [0.25, 0.3) is 0 Å². The molecule has 0 unspecified atom stereocenters. The molecule has 0 saturated heterocycles. The summed E-state index contributed by atoms with van der Waals surface area (Å²) in [6.45, 7) is 8.47. The van der Waals surface area contributed by atoms with Crippen LogP contribution in [0, 0.1) is 19.8 Å². The minimum atomic E-state index is -0.177. The van der Waals surface area contributed by atoms with Crippen LogP contribution in [0.2, 0.25) is 0 Å². The quantitative estimate of drug-likeness (QED) is 0.839. The third-order valence-corrected chi connectivity index (χ3v) is 4.68. The van der Waals surface area contributed by atoms with Crippen molar-refractivity contribution in [1.29, 1.82) is 0 Å². The summed E-state index contributed by atoms with van der Waals surface area (Å²) < 4.78 is 1.80. The molecule has 1 aliphatic carbocycles. The Balaban J connectivity index is 1.95. The predicted octanol–water partition coefficient (Wildman–Crippen LogP) is 1.73. The first-order valence-corrected chi connectivity index (χ1v) is 7.96. The zero-order valence-corrected chi connectivity index (χ0v) is 13.5. The Hall–Kier alpha value is -1.36. The Morgan fingerprint density at radius 1 is 1.43 bits per heavy atom. The average molecular weight is 293 g/mol. The summed E-state index contributed by atoms with van der Waals surface area (Å²) in [7, 11) is 0. The maximum atomic E-state index is 12.2. The first kappa shape index (κ1) is 16.0. The van der Waals surface area contributed by atoms with E-state index in [9.17, 15) is 9.90 Å². The van der Waals surface area contributed by atoms with Crippen molar-refractivity contribution < 1.29 is 9.90 Å². The number of carbonyl (C=O) groups is 1. The summed E-state index contributed by atoms with van der Waals surface area (Å²) in [5.74, 6) is 0.428. The van der Waals surface area contributed by atoms with Crippen molar-refractivity contribution in [3.05, 3.63) is 17.0 Å². The van der Waals surface area contributed by atoms with Crippen molar-refractivity contribution in [1.82, 2.24) is 15.1 Å². The summed E-state index contributed by atoms with van der Waals surface area (Å²) in [5.41, 5.74) is 3.33. The van der Waals surface area contributed by atoms with E-state index in [-0.39, 0.29) is 24.6 Å². The van der Waals surface area contributed by atoms with Gasteiger partial charge in [-0.05, 0) is 51.0 Å².